The van der Waals surface area contributed by atoms with Gasteiger partial charge in [-0.1, -0.05) is 13.0 Å². The highest BCUT2D eigenvalue weighted by molar-refractivity contribution is 5.78. The summed E-state index contributed by atoms with van der Waals surface area (Å²) in [7, 11) is 0. The second kappa shape index (κ2) is 5.99. The van der Waals surface area contributed by atoms with E-state index in [9.17, 15) is 4.79 Å². The van der Waals surface area contributed by atoms with Crippen molar-refractivity contribution in [2.45, 2.75) is 65.1 Å². The molecule has 120 valence electrons. The van der Waals surface area contributed by atoms with Gasteiger partial charge in [-0.3, -0.25) is 14.7 Å². The van der Waals surface area contributed by atoms with E-state index in [2.05, 4.69) is 35.9 Å². The van der Waals surface area contributed by atoms with Crippen LogP contribution in [-0.4, -0.2) is 34.5 Å². The number of carbonyl (C=O) groups is 1. The Hall–Kier alpha value is -1.42. The molecule has 1 aromatic rings. The number of carbonyl (C=O) groups excluding carboxylic acids is 1. The molecule has 0 saturated carbocycles. The molecule has 2 aliphatic rings. The molecule has 22 heavy (non-hydrogen) atoms. The smallest absolute Gasteiger partial charge is 0.313 e. The van der Waals surface area contributed by atoms with E-state index in [1.54, 1.807) is 0 Å². The minimum absolute atomic E-state index is 0.00608. The van der Waals surface area contributed by atoms with E-state index < -0.39 is 0 Å². The van der Waals surface area contributed by atoms with Crippen LogP contribution in [0, 0.1) is 12.3 Å². The molecule has 0 amide bonds. The molecule has 2 fully saturated rings. The van der Waals surface area contributed by atoms with Crippen molar-refractivity contribution < 1.29 is 9.53 Å². The summed E-state index contributed by atoms with van der Waals surface area (Å²) in [5.41, 5.74) is 1.98. The highest BCUT2D eigenvalue weighted by Crippen LogP contribution is 2.52. The van der Waals surface area contributed by atoms with E-state index in [4.69, 9.17) is 4.74 Å². The van der Waals surface area contributed by atoms with Gasteiger partial charge in [0.2, 0.25) is 0 Å². The molecule has 4 nitrogen and oxygen atoms in total. The zero-order chi connectivity index (χ0) is 15.7. The van der Waals surface area contributed by atoms with Crippen molar-refractivity contribution in [2.75, 3.05) is 6.61 Å². The van der Waals surface area contributed by atoms with Gasteiger partial charge in [0.25, 0.3) is 0 Å². The molecule has 2 saturated heterocycles. The Morgan fingerprint density at radius 3 is 2.86 bits per heavy atom. The second-order valence-corrected chi connectivity index (χ2v) is 6.68. The monoisotopic (exact) mass is 302 g/mol. The predicted octanol–water partition coefficient (Wildman–Crippen LogP) is 3.09. The number of pyridine rings is 1. The minimum atomic E-state index is -0.302. The van der Waals surface area contributed by atoms with Crippen LogP contribution in [0.25, 0.3) is 0 Å². The molecule has 3 rings (SSSR count). The van der Waals surface area contributed by atoms with Crippen LogP contribution in [0.5, 0.6) is 0 Å². The number of nitrogens with zero attached hydrogens (tertiary/aromatic N) is 2. The van der Waals surface area contributed by atoms with Gasteiger partial charge in [0, 0.05) is 24.8 Å². The molecule has 0 unspecified atom stereocenters. The molecule has 0 spiro atoms. The van der Waals surface area contributed by atoms with E-state index in [0.717, 1.165) is 31.5 Å². The largest absolute Gasteiger partial charge is 0.466 e. The number of aromatic nitrogens is 1. The highest BCUT2D eigenvalue weighted by Gasteiger charge is 2.59. The maximum Gasteiger partial charge on any atom is 0.313 e. The van der Waals surface area contributed by atoms with Crippen LogP contribution in [0.1, 0.15) is 50.8 Å². The average Bonchev–Trinajstić information content (AvgIpc) is 3.05. The fourth-order valence-electron chi connectivity index (χ4n) is 4.34. The van der Waals surface area contributed by atoms with Gasteiger partial charge < -0.3 is 4.74 Å². The number of ether oxygens (including phenoxy) is 1. The molecule has 0 radical (unpaired) electrons. The number of rotatable bonds is 5. The van der Waals surface area contributed by atoms with Gasteiger partial charge in [0.05, 0.1) is 17.7 Å². The summed E-state index contributed by atoms with van der Waals surface area (Å²) in [6.45, 7) is 7.38. The molecule has 2 bridgehead atoms. The van der Waals surface area contributed by atoms with Crippen LogP contribution < -0.4 is 0 Å². The van der Waals surface area contributed by atoms with Crippen LogP contribution in [-0.2, 0) is 16.1 Å². The molecule has 4 heteroatoms. The molecular weight excluding hydrogens is 276 g/mol. The molecule has 0 N–H and O–H groups in total. The van der Waals surface area contributed by atoms with Crippen LogP contribution in [0.2, 0.25) is 0 Å². The maximum absolute atomic E-state index is 12.6. The first kappa shape index (κ1) is 15.5. The number of hydrogen-bond donors (Lipinski definition) is 0. The van der Waals surface area contributed by atoms with E-state index in [-0.39, 0.29) is 11.4 Å². The fraction of sp³-hybridized carbons (Fsp3) is 0.667. The maximum atomic E-state index is 12.6. The lowest BCUT2D eigenvalue weighted by Crippen LogP contribution is -2.44. The normalized spacial score (nSPS) is 30.7. The lowest BCUT2D eigenvalue weighted by Gasteiger charge is -2.34. The number of aryl methyl sites for hydroxylation is 1. The molecular formula is C18H26N2O2. The van der Waals surface area contributed by atoms with Crippen LogP contribution in [0.4, 0.5) is 0 Å². The van der Waals surface area contributed by atoms with E-state index in [1.807, 2.05) is 13.1 Å². The molecule has 3 atom stereocenters. The Morgan fingerprint density at radius 2 is 2.23 bits per heavy atom. The Bertz CT molecular complexity index is 543. The Balaban J connectivity index is 1.80. The first-order valence-corrected chi connectivity index (χ1v) is 8.45. The average molecular weight is 302 g/mol. The number of hydrogen-bond acceptors (Lipinski definition) is 4. The van der Waals surface area contributed by atoms with Gasteiger partial charge in [0.1, 0.15) is 0 Å². The van der Waals surface area contributed by atoms with Gasteiger partial charge in [-0.15, -0.1) is 0 Å². The lowest BCUT2D eigenvalue weighted by molar-refractivity contribution is -0.157. The fourth-order valence-corrected chi connectivity index (χ4v) is 4.34. The second-order valence-electron chi connectivity index (χ2n) is 6.68. The molecule has 0 aromatic carbocycles. The van der Waals surface area contributed by atoms with Crippen LogP contribution in [0.15, 0.2) is 18.3 Å². The lowest BCUT2D eigenvalue weighted by atomic mass is 9.72. The van der Waals surface area contributed by atoms with Gasteiger partial charge in [-0.05, 0) is 51.2 Å². The summed E-state index contributed by atoms with van der Waals surface area (Å²) in [4.78, 5) is 19.6. The summed E-state index contributed by atoms with van der Waals surface area (Å²) < 4.78 is 5.41. The third-order valence-corrected chi connectivity index (χ3v) is 5.51. The quantitative estimate of drug-likeness (QED) is 0.784. The van der Waals surface area contributed by atoms with Crippen LogP contribution in [0.3, 0.4) is 0 Å². The SMILES string of the molecule is CCOC(=O)[C@]1(CC)C[C@@H]2CC[C@H]1N2Cc1ccc(C)cn1. The van der Waals surface area contributed by atoms with Crippen molar-refractivity contribution in [3.8, 4) is 0 Å². The third kappa shape index (κ3) is 2.43. The van der Waals surface area contributed by atoms with Gasteiger partial charge in [-0.25, -0.2) is 0 Å². The summed E-state index contributed by atoms with van der Waals surface area (Å²) in [6.07, 6.45) is 6.02. The van der Waals surface area contributed by atoms with E-state index in [0.29, 0.717) is 18.7 Å². The van der Waals surface area contributed by atoms with Gasteiger partial charge >= 0.3 is 5.97 Å². The van der Waals surface area contributed by atoms with Gasteiger partial charge in [-0.2, -0.15) is 0 Å². The zero-order valence-electron chi connectivity index (χ0n) is 13.8. The van der Waals surface area contributed by atoms with Crippen molar-refractivity contribution >= 4 is 5.97 Å². The van der Waals surface area contributed by atoms with Crippen molar-refractivity contribution in [2.24, 2.45) is 5.41 Å². The predicted molar refractivity (Wildman–Crippen MR) is 85.3 cm³/mol. The first-order valence-electron chi connectivity index (χ1n) is 8.45. The highest BCUT2D eigenvalue weighted by atomic mass is 16.5. The summed E-state index contributed by atoms with van der Waals surface area (Å²) in [5, 5.41) is 0. The summed E-state index contributed by atoms with van der Waals surface area (Å²) >= 11 is 0. The number of fused-ring (bicyclic) bond motifs is 2. The minimum Gasteiger partial charge on any atom is -0.466 e. The molecule has 1 aromatic heterocycles. The Kier molecular flexibility index (Phi) is 4.22. The molecule has 3 heterocycles. The third-order valence-electron chi connectivity index (χ3n) is 5.51. The molecule has 2 aliphatic heterocycles. The topological polar surface area (TPSA) is 42.4 Å². The zero-order valence-corrected chi connectivity index (χ0v) is 13.8. The van der Waals surface area contributed by atoms with Crippen molar-refractivity contribution in [3.05, 3.63) is 29.6 Å². The summed E-state index contributed by atoms with van der Waals surface area (Å²) in [6, 6.07) is 5.02. The number of esters is 1. The Labute approximate surface area is 132 Å². The van der Waals surface area contributed by atoms with Crippen molar-refractivity contribution in [3.63, 3.8) is 0 Å². The molecule has 0 aliphatic carbocycles. The van der Waals surface area contributed by atoms with Gasteiger partial charge in [0.15, 0.2) is 0 Å². The van der Waals surface area contributed by atoms with Crippen LogP contribution >= 0.6 is 0 Å². The van der Waals surface area contributed by atoms with Crippen molar-refractivity contribution in [1.82, 2.24) is 9.88 Å². The first-order chi connectivity index (χ1) is 10.6. The van der Waals surface area contributed by atoms with Crippen molar-refractivity contribution in [1.29, 1.82) is 0 Å². The Morgan fingerprint density at radius 1 is 1.41 bits per heavy atom. The van der Waals surface area contributed by atoms with E-state index in [1.165, 1.54) is 12.0 Å². The standard InChI is InChI=1S/C18H26N2O2/c1-4-18(17(21)22-5-2)10-15-8-9-16(18)20(15)12-14-7-6-13(3)11-19-14/h6-7,11,15-16H,4-5,8-10,12H2,1-3H3/t15-,16+,18+/m0/s1. The summed E-state index contributed by atoms with van der Waals surface area (Å²) in [5.74, 6) is 0.00608. The van der Waals surface area contributed by atoms with E-state index >= 15 is 0 Å².